The van der Waals surface area contributed by atoms with Crippen molar-refractivity contribution in [1.29, 1.82) is 0 Å². The molecule has 2 aliphatic heterocycles. The van der Waals surface area contributed by atoms with Crippen molar-refractivity contribution < 1.29 is 13.2 Å². The molecule has 1 aromatic rings. The van der Waals surface area contributed by atoms with E-state index in [9.17, 15) is 13.2 Å². The second kappa shape index (κ2) is 7.92. The number of anilines is 1. The molecule has 0 saturated carbocycles. The predicted molar refractivity (Wildman–Crippen MR) is 100 cm³/mol. The summed E-state index contributed by atoms with van der Waals surface area (Å²) < 4.78 is 26.7. The van der Waals surface area contributed by atoms with Crippen LogP contribution in [0, 0.1) is 5.92 Å². The molecule has 1 atom stereocenters. The molecule has 3 rings (SSSR count). The molecule has 1 unspecified atom stereocenters. The van der Waals surface area contributed by atoms with Crippen LogP contribution in [0.5, 0.6) is 0 Å². The first kappa shape index (κ1) is 19.1. The Hall–Kier alpha value is -1.67. The van der Waals surface area contributed by atoms with E-state index in [0.717, 1.165) is 38.0 Å². The summed E-state index contributed by atoms with van der Waals surface area (Å²) in [6.07, 6.45) is 5.22. The van der Waals surface area contributed by atoms with Crippen LogP contribution in [0.1, 0.15) is 39.5 Å². The Bertz CT molecular complexity index is 727. The topological polar surface area (TPSA) is 82.6 Å². The van der Waals surface area contributed by atoms with Gasteiger partial charge in [0, 0.05) is 44.3 Å². The second-order valence-electron chi connectivity index (χ2n) is 7.41. The highest BCUT2D eigenvalue weighted by Crippen LogP contribution is 2.23. The van der Waals surface area contributed by atoms with Gasteiger partial charge in [0.1, 0.15) is 10.7 Å². The zero-order valence-electron chi connectivity index (χ0n) is 15.5. The lowest BCUT2D eigenvalue weighted by Gasteiger charge is -2.34. The molecule has 1 N–H and O–H groups in total. The van der Waals surface area contributed by atoms with Crippen LogP contribution >= 0.6 is 0 Å². The van der Waals surface area contributed by atoms with Crippen LogP contribution in [0.15, 0.2) is 23.2 Å². The zero-order valence-corrected chi connectivity index (χ0v) is 16.3. The molecule has 1 aromatic heterocycles. The minimum atomic E-state index is -3.43. The third-order valence-corrected chi connectivity index (χ3v) is 6.92. The summed E-state index contributed by atoms with van der Waals surface area (Å²) in [6, 6.07) is 3.52. The number of nitrogens with one attached hydrogen (secondary N) is 1. The van der Waals surface area contributed by atoms with Crippen LogP contribution in [-0.4, -0.2) is 55.8 Å². The molecular weight excluding hydrogens is 352 g/mol. The standard InChI is InChI=1S/C18H28N4O3S/c1-14(2)18(23)20-15-6-5-9-21(13-15)17-8-7-16(12-19-17)26(24,25)22-10-3-4-11-22/h7-8,12,14-15H,3-6,9-11,13H2,1-2H3,(H,20,23). The zero-order chi connectivity index (χ0) is 18.7. The van der Waals surface area contributed by atoms with Gasteiger partial charge in [0.05, 0.1) is 0 Å². The minimum Gasteiger partial charge on any atom is -0.355 e. The van der Waals surface area contributed by atoms with E-state index in [-0.39, 0.29) is 22.8 Å². The second-order valence-corrected chi connectivity index (χ2v) is 9.35. The van der Waals surface area contributed by atoms with E-state index in [1.54, 1.807) is 12.1 Å². The van der Waals surface area contributed by atoms with Crippen molar-refractivity contribution in [2.24, 2.45) is 5.92 Å². The minimum absolute atomic E-state index is 0.0291. The first-order chi connectivity index (χ1) is 12.4. The number of nitrogens with zero attached hydrogens (tertiary/aromatic N) is 3. The first-order valence-electron chi connectivity index (χ1n) is 9.39. The van der Waals surface area contributed by atoms with Crippen molar-refractivity contribution in [3.63, 3.8) is 0 Å². The lowest BCUT2D eigenvalue weighted by Crippen LogP contribution is -2.49. The number of hydrogen-bond donors (Lipinski definition) is 1. The molecule has 26 heavy (non-hydrogen) atoms. The molecular formula is C18H28N4O3S. The fourth-order valence-corrected chi connectivity index (χ4v) is 4.92. The largest absolute Gasteiger partial charge is 0.355 e. The molecule has 2 fully saturated rings. The quantitative estimate of drug-likeness (QED) is 0.839. The van der Waals surface area contributed by atoms with Crippen LogP contribution in [0.2, 0.25) is 0 Å². The number of hydrogen-bond acceptors (Lipinski definition) is 5. The molecule has 3 heterocycles. The number of aromatic nitrogens is 1. The highest BCUT2D eigenvalue weighted by molar-refractivity contribution is 7.89. The van der Waals surface area contributed by atoms with Gasteiger partial charge in [-0.15, -0.1) is 0 Å². The fraction of sp³-hybridized carbons (Fsp3) is 0.667. The molecule has 0 aliphatic carbocycles. The van der Waals surface area contributed by atoms with E-state index in [4.69, 9.17) is 0 Å². The Balaban J connectivity index is 1.67. The van der Waals surface area contributed by atoms with Gasteiger partial charge in [-0.05, 0) is 37.8 Å². The van der Waals surface area contributed by atoms with Gasteiger partial charge < -0.3 is 10.2 Å². The summed E-state index contributed by atoms with van der Waals surface area (Å²) in [5.74, 6) is 0.796. The van der Waals surface area contributed by atoms with Crippen LogP contribution in [0.3, 0.4) is 0 Å². The monoisotopic (exact) mass is 380 g/mol. The number of carbonyl (C=O) groups excluding carboxylic acids is 1. The third kappa shape index (κ3) is 4.17. The lowest BCUT2D eigenvalue weighted by molar-refractivity contribution is -0.124. The molecule has 7 nitrogen and oxygen atoms in total. The van der Waals surface area contributed by atoms with Gasteiger partial charge in [-0.2, -0.15) is 4.31 Å². The summed E-state index contributed by atoms with van der Waals surface area (Å²) in [5.41, 5.74) is 0. The first-order valence-corrected chi connectivity index (χ1v) is 10.8. The molecule has 0 spiro atoms. The average molecular weight is 381 g/mol. The number of amides is 1. The fourth-order valence-electron chi connectivity index (χ4n) is 3.46. The maximum Gasteiger partial charge on any atom is 0.244 e. The third-order valence-electron chi connectivity index (χ3n) is 5.04. The molecule has 2 saturated heterocycles. The van der Waals surface area contributed by atoms with Crippen molar-refractivity contribution in [2.75, 3.05) is 31.1 Å². The molecule has 8 heteroatoms. The Kier molecular flexibility index (Phi) is 5.82. The van der Waals surface area contributed by atoms with Crippen molar-refractivity contribution in [3.05, 3.63) is 18.3 Å². The van der Waals surface area contributed by atoms with Gasteiger partial charge in [0.2, 0.25) is 15.9 Å². The van der Waals surface area contributed by atoms with Crippen LogP contribution < -0.4 is 10.2 Å². The average Bonchev–Trinajstić information content (AvgIpc) is 3.17. The van der Waals surface area contributed by atoms with Crippen LogP contribution in [-0.2, 0) is 14.8 Å². The highest BCUT2D eigenvalue weighted by atomic mass is 32.2. The molecule has 0 bridgehead atoms. The molecule has 0 aromatic carbocycles. The SMILES string of the molecule is CC(C)C(=O)NC1CCCN(c2ccc(S(=O)(=O)N3CCCC3)cn2)C1. The van der Waals surface area contributed by atoms with E-state index in [0.29, 0.717) is 19.6 Å². The summed E-state index contributed by atoms with van der Waals surface area (Å²) in [6.45, 7) is 6.51. The smallest absolute Gasteiger partial charge is 0.244 e. The molecule has 144 valence electrons. The van der Waals surface area contributed by atoms with E-state index >= 15 is 0 Å². The van der Waals surface area contributed by atoms with Gasteiger partial charge in [-0.25, -0.2) is 13.4 Å². The van der Waals surface area contributed by atoms with Gasteiger partial charge >= 0.3 is 0 Å². The van der Waals surface area contributed by atoms with E-state index in [2.05, 4.69) is 15.2 Å². The normalized spacial score (nSPS) is 22.0. The Labute approximate surface area is 155 Å². The number of sulfonamides is 1. The summed E-state index contributed by atoms with van der Waals surface area (Å²) in [7, 11) is -3.43. The van der Waals surface area contributed by atoms with E-state index in [1.807, 2.05) is 13.8 Å². The molecule has 2 aliphatic rings. The van der Waals surface area contributed by atoms with Crippen molar-refractivity contribution in [1.82, 2.24) is 14.6 Å². The Morgan fingerprint density at radius 3 is 2.54 bits per heavy atom. The summed E-state index contributed by atoms with van der Waals surface area (Å²) in [5, 5.41) is 3.08. The maximum atomic E-state index is 12.6. The van der Waals surface area contributed by atoms with Gasteiger partial charge in [0.25, 0.3) is 0 Å². The maximum absolute atomic E-state index is 12.6. The Morgan fingerprint density at radius 2 is 1.92 bits per heavy atom. The van der Waals surface area contributed by atoms with E-state index in [1.165, 1.54) is 10.5 Å². The lowest BCUT2D eigenvalue weighted by atomic mass is 10.0. The van der Waals surface area contributed by atoms with Gasteiger partial charge in [0.15, 0.2) is 0 Å². The number of piperidine rings is 1. The van der Waals surface area contributed by atoms with Crippen molar-refractivity contribution >= 4 is 21.7 Å². The number of carbonyl (C=O) groups is 1. The number of rotatable bonds is 5. The molecule has 1 amide bonds. The van der Waals surface area contributed by atoms with Gasteiger partial charge in [-0.3, -0.25) is 4.79 Å². The summed E-state index contributed by atoms with van der Waals surface area (Å²) >= 11 is 0. The number of pyridine rings is 1. The van der Waals surface area contributed by atoms with Crippen molar-refractivity contribution in [3.8, 4) is 0 Å². The highest BCUT2D eigenvalue weighted by Gasteiger charge is 2.28. The predicted octanol–water partition coefficient (Wildman–Crippen LogP) is 1.61. The Morgan fingerprint density at radius 1 is 1.19 bits per heavy atom. The van der Waals surface area contributed by atoms with Crippen LogP contribution in [0.4, 0.5) is 5.82 Å². The summed E-state index contributed by atoms with van der Waals surface area (Å²) in [4.78, 5) is 18.7. The van der Waals surface area contributed by atoms with E-state index < -0.39 is 10.0 Å². The van der Waals surface area contributed by atoms with Crippen molar-refractivity contribution in [2.45, 2.75) is 50.5 Å². The van der Waals surface area contributed by atoms with Crippen LogP contribution in [0.25, 0.3) is 0 Å². The molecule has 0 radical (unpaired) electrons. The van der Waals surface area contributed by atoms with Gasteiger partial charge in [-0.1, -0.05) is 13.8 Å².